The van der Waals surface area contributed by atoms with E-state index in [0.29, 0.717) is 6.42 Å². The quantitative estimate of drug-likeness (QED) is 0.659. The van der Waals surface area contributed by atoms with E-state index < -0.39 is 17.9 Å². The minimum absolute atomic E-state index is 0.0602. The molecule has 0 aliphatic rings. The molecule has 0 saturated heterocycles. The van der Waals surface area contributed by atoms with Crippen molar-refractivity contribution in [3.63, 3.8) is 0 Å². The van der Waals surface area contributed by atoms with E-state index >= 15 is 0 Å². The molecule has 1 amide bonds. The van der Waals surface area contributed by atoms with Crippen molar-refractivity contribution in [3.8, 4) is 0 Å². The van der Waals surface area contributed by atoms with Crippen molar-refractivity contribution >= 4 is 17.7 Å². The predicted molar refractivity (Wildman–Crippen MR) is 67.6 cm³/mol. The van der Waals surface area contributed by atoms with Crippen LogP contribution in [0, 0.1) is 5.82 Å². The lowest BCUT2D eigenvalue weighted by atomic mass is 10.1. The second kappa shape index (κ2) is 7.35. The van der Waals surface area contributed by atoms with Gasteiger partial charge < -0.3 is 9.47 Å². The third kappa shape index (κ3) is 4.24. The number of anilines is 1. The number of unbranched alkanes of at least 4 members (excludes halogenated alkanes) is 1. The zero-order valence-corrected chi connectivity index (χ0v) is 10.9. The first kappa shape index (κ1) is 14.9. The van der Waals surface area contributed by atoms with Crippen LogP contribution in [0.2, 0.25) is 0 Å². The topological polar surface area (TPSA) is 64.6 Å². The average Bonchev–Trinajstić information content (AvgIpc) is 2.40. The first-order valence-corrected chi connectivity index (χ1v) is 5.90. The number of hydrogen-bond acceptors (Lipinski definition) is 4. The number of hydrogen-bond donors (Lipinski definition) is 1. The second-order valence-electron chi connectivity index (χ2n) is 3.77. The van der Waals surface area contributed by atoms with Gasteiger partial charge in [-0.1, -0.05) is 19.4 Å². The van der Waals surface area contributed by atoms with Crippen LogP contribution in [0.25, 0.3) is 0 Å². The largest absolute Gasteiger partial charge is 0.465 e. The number of carbonyl (C=O) groups is 2. The maximum Gasteiger partial charge on any atom is 0.411 e. The zero-order valence-electron chi connectivity index (χ0n) is 10.9. The molecule has 1 aromatic rings. The van der Waals surface area contributed by atoms with Gasteiger partial charge in [0.2, 0.25) is 0 Å². The Kier molecular flexibility index (Phi) is 5.78. The molecule has 0 spiro atoms. The van der Waals surface area contributed by atoms with Gasteiger partial charge in [-0.05, 0) is 18.6 Å². The smallest absolute Gasteiger partial charge is 0.411 e. The van der Waals surface area contributed by atoms with Gasteiger partial charge in [0.05, 0.1) is 25.0 Å². The molecule has 0 aliphatic carbocycles. The van der Waals surface area contributed by atoms with Gasteiger partial charge in [0.1, 0.15) is 5.82 Å². The first-order chi connectivity index (χ1) is 9.10. The fraction of sp³-hybridized carbons (Fsp3) is 0.385. The van der Waals surface area contributed by atoms with Gasteiger partial charge in [-0.25, -0.2) is 14.0 Å². The maximum atomic E-state index is 13.6. The summed E-state index contributed by atoms with van der Waals surface area (Å²) in [4.78, 5) is 22.9. The minimum atomic E-state index is -0.802. The van der Waals surface area contributed by atoms with E-state index in [1.165, 1.54) is 19.2 Å². The Morgan fingerprint density at radius 2 is 2.11 bits per heavy atom. The van der Waals surface area contributed by atoms with E-state index in [9.17, 15) is 14.0 Å². The molecule has 0 unspecified atom stereocenters. The molecule has 5 nitrogen and oxygen atoms in total. The fourth-order valence-corrected chi connectivity index (χ4v) is 1.38. The Labute approximate surface area is 110 Å². The van der Waals surface area contributed by atoms with Gasteiger partial charge in [-0.15, -0.1) is 0 Å². The van der Waals surface area contributed by atoms with Crippen molar-refractivity contribution in [1.82, 2.24) is 0 Å². The highest BCUT2D eigenvalue weighted by Gasteiger charge is 2.18. The summed E-state index contributed by atoms with van der Waals surface area (Å²) >= 11 is 0. The SMILES string of the molecule is CCCCOC(=O)Nc1c(F)cccc1C(=O)OC. The lowest BCUT2D eigenvalue weighted by Gasteiger charge is -2.10. The number of methoxy groups -OCH3 is 1. The molecular weight excluding hydrogens is 253 g/mol. The van der Waals surface area contributed by atoms with Gasteiger partial charge in [0, 0.05) is 0 Å². The van der Waals surface area contributed by atoms with E-state index in [4.69, 9.17) is 4.74 Å². The molecule has 1 aromatic carbocycles. The lowest BCUT2D eigenvalue weighted by Crippen LogP contribution is -2.18. The number of rotatable bonds is 5. The standard InChI is InChI=1S/C13H16FNO4/c1-3-4-8-19-13(17)15-11-9(12(16)18-2)6-5-7-10(11)14/h5-7H,3-4,8H2,1-2H3,(H,15,17). The highest BCUT2D eigenvalue weighted by atomic mass is 19.1. The number of nitrogens with one attached hydrogen (secondary N) is 1. The van der Waals surface area contributed by atoms with Crippen LogP contribution >= 0.6 is 0 Å². The summed E-state index contributed by atoms with van der Waals surface area (Å²) in [5, 5.41) is 2.22. The molecule has 19 heavy (non-hydrogen) atoms. The van der Waals surface area contributed by atoms with Gasteiger partial charge >= 0.3 is 12.1 Å². The number of halogens is 1. The molecule has 0 bridgehead atoms. The van der Waals surface area contributed by atoms with E-state index in [2.05, 4.69) is 10.1 Å². The molecule has 1 N–H and O–H groups in total. The molecule has 0 aliphatic heterocycles. The van der Waals surface area contributed by atoms with Gasteiger partial charge in [0.25, 0.3) is 0 Å². The predicted octanol–water partition coefficient (Wildman–Crippen LogP) is 2.96. The Morgan fingerprint density at radius 1 is 1.37 bits per heavy atom. The second-order valence-corrected chi connectivity index (χ2v) is 3.77. The molecule has 0 fully saturated rings. The Balaban J connectivity index is 2.81. The molecule has 0 saturated carbocycles. The summed E-state index contributed by atoms with van der Waals surface area (Å²) in [6, 6.07) is 3.85. The summed E-state index contributed by atoms with van der Waals surface area (Å²) in [5.41, 5.74) is -0.300. The van der Waals surface area contributed by atoms with Crippen LogP contribution in [0.15, 0.2) is 18.2 Å². The number of ether oxygens (including phenoxy) is 2. The molecule has 0 heterocycles. The Bertz CT molecular complexity index is 462. The van der Waals surface area contributed by atoms with Crippen LogP contribution < -0.4 is 5.32 Å². The number of esters is 1. The summed E-state index contributed by atoms with van der Waals surface area (Å²) in [6.07, 6.45) is 0.790. The maximum absolute atomic E-state index is 13.6. The third-order valence-electron chi connectivity index (χ3n) is 2.38. The molecule has 104 valence electrons. The van der Waals surface area contributed by atoms with E-state index in [1.807, 2.05) is 6.92 Å². The number of benzene rings is 1. The third-order valence-corrected chi connectivity index (χ3v) is 2.38. The van der Waals surface area contributed by atoms with Crippen molar-refractivity contribution in [2.75, 3.05) is 19.0 Å². The Hall–Kier alpha value is -2.11. The summed E-state index contributed by atoms with van der Waals surface area (Å²) in [5.74, 6) is -1.46. The van der Waals surface area contributed by atoms with Crippen molar-refractivity contribution in [1.29, 1.82) is 0 Å². The molecule has 6 heteroatoms. The minimum Gasteiger partial charge on any atom is -0.465 e. The Morgan fingerprint density at radius 3 is 2.74 bits per heavy atom. The molecule has 0 atom stereocenters. The van der Waals surface area contributed by atoms with Crippen molar-refractivity contribution < 1.29 is 23.5 Å². The van der Waals surface area contributed by atoms with Gasteiger partial charge in [0.15, 0.2) is 0 Å². The highest BCUT2D eigenvalue weighted by Crippen LogP contribution is 2.20. The fourth-order valence-electron chi connectivity index (χ4n) is 1.38. The normalized spacial score (nSPS) is 9.84. The average molecular weight is 269 g/mol. The molecule has 0 aromatic heterocycles. The zero-order chi connectivity index (χ0) is 14.3. The number of carbonyl (C=O) groups excluding carboxylic acids is 2. The van der Waals surface area contributed by atoms with Crippen LogP contribution in [0.3, 0.4) is 0 Å². The molecule has 0 radical (unpaired) electrons. The van der Waals surface area contributed by atoms with Crippen LogP contribution in [0.1, 0.15) is 30.1 Å². The highest BCUT2D eigenvalue weighted by molar-refractivity contribution is 5.99. The van der Waals surface area contributed by atoms with E-state index in [0.717, 1.165) is 12.5 Å². The van der Waals surface area contributed by atoms with Crippen LogP contribution in [-0.2, 0) is 9.47 Å². The van der Waals surface area contributed by atoms with E-state index in [-0.39, 0.29) is 17.9 Å². The van der Waals surface area contributed by atoms with Crippen LogP contribution in [0.4, 0.5) is 14.9 Å². The van der Waals surface area contributed by atoms with Crippen LogP contribution in [-0.4, -0.2) is 25.8 Å². The van der Waals surface area contributed by atoms with Gasteiger partial charge in [-0.2, -0.15) is 0 Å². The number of amides is 1. The van der Waals surface area contributed by atoms with Crippen molar-refractivity contribution in [2.45, 2.75) is 19.8 Å². The first-order valence-electron chi connectivity index (χ1n) is 5.90. The van der Waals surface area contributed by atoms with Gasteiger partial charge in [-0.3, -0.25) is 5.32 Å². The van der Waals surface area contributed by atoms with Crippen molar-refractivity contribution in [3.05, 3.63) is 29.6 Å². The lowest BCUT2D eigenvalue weighted by molar-refractivity contribution is 0.0601. The van der Waals surface area contributed by atoms with E-state index in [1.54, 1.807) is 0 Å². The van der Waals surface area contributed by atoms with Crippen molar-refractivity contribution in [2.24, 2.45) is 0 Å². The van der Waals surface area contributed by atoms with Crippen LogP contribution in [0.5, 0.6) is 0 Å². The number of para-hydroxylation sites is 1. The molecular formula is C13H16FNO4. The molecule has 1 rings (SSSR count). The summed E-state index contributed by atoms with van der Waals surface area (Å²) < 4.78 is 23.0. The monoisotopic (exact) mass is 269 g/mol. The summed E-state index contributed by atoms with van der Waals surface area (Å²) in [7, 11) is 1.18. The summed E-state index contributed by atoms with van der Waals surface area (Å²) in [6.45, 7) is 2.19.